The van der Waals surface area contributed by atoms with Gasteiger partial charge in [0.25, 0.3) is 0 Å². The number of carbonyl (C=O) groups excluding carboxylic acids is 2. The lowest BCUT2D eigenvalue weighted by atomic mass is 10.1. The van der Waals surface area contributed by atoms with Crippen LogP contribution in [0.1, 0.15) is 31.7 Å². The SMILES string of the molecule is CCC(C(=O)NC)N(Cc1ccc(F)cc1)C(=O)CCCOc1ccc(Cl)cc1. The molecule has 0 saturated carbocycles. The largest absolute Gasteiger partial charge is 0.494 e. The molecule has 1 N–H and O–H groups in total. The normalized spacial score (nSPS) is 11.6. The van der Waals surface area contributed by atoms with Gasteiger partial charge in [-0.2, -0.15) is 0 Å². The molecule has 7 heteroatoms. The Morgan fingerprint density at radius 1 is 1.14 bits per heavy atom. The van der Waals surface area contributed by atoms with Crippen LogP contribution in [-0.4, -0.2) is 36.4 Å². The number of halogens is 2. The second kappa shape index (κ2) is 11.4. The second-order valence-corrected chi connectivity index (χ2v) is 7.03. The highest BCUT2D eigenvalue weighted by Crippen LogP contribution is 2.17. The summed E-state index contributed by atoms with van der Waals surface area (Å²) < 4.78 is 18.8. The Hall–Kier alpha value is -2.60. The molecule has 2 aromatic rings. The molecule has 0 heterocycles. The fourth-order valence-corrected chi connectivity index (χ4v) is 3.09. The summed E-state index contributed by atoms with van der Waals surface area (Å²) in [5.74, 6) is -0.0315. The molecule has 0 bridgehead atoms. The van der Waals surface area contributed by atoms with Crippen molar-refractivity contribution in [3.63, 3.8) is 0 Å². The van der Waals surface area contributed by atoms with Crippen molar-refractivity contribution in [2.45, 2.75) is 38.8 Å². The zero-order chi connectivity index (χ0) is 21.2. The summed E-state index contributed by atoms with van der Waals surface area (Å²) in [6.07, 6.45) is 1.22. The van der Waals surface area contributed by atoms with Gasteiger partial charge >= 0.3 is 0 Å². The molecule has 5 nitrogen and oxygen atoms in total. The first-order chi connectivity index (χ1) is 13.9. The summed E-state index contributed by atoms with van der Waals surface area (Å²) in [6.45, 7) is 2.46. The average Bonchev–Trinajstić information content (AvgIpc) is 2.73. The van der Waals surface area contributed by atoms with E-state index in [4.69, 9.17) is 16.3 Å². The fourth-order valence-electron chi connectivity index (χ4n) is 2.96. The van der Waals surface area contributed by atoms with Gasteiger partial charge in [0.1, 0.15) is 17.6 Å². The highest BCUT2D eigenvalue weighted by Gasteiger charge is 2.27. The van der Waals surface area contributed by atoms with Gasteiger partial charge in [-0.05, 0) is 54.8 Å². The van der Waals surface area contributed by atoms with Gasteiger partial charge in [-0.25, -0.2) is 4.39 Å². The average molecular weight is 421 g/mol. The number of hydrogen-bond donors (Lipinski definition) is 1. The van der Waals surface area contributed by atoms with Crippen LogP contribution in [0.5, 0.6) is 5.75 Å². The van der Waals surface area contributed by atoms with Crippen molar-refractivity contribution in [3.8, 4) is 5.75 Å². The summed E-state index contributed by atoms with van der Waals surface area (Å²) in [6, 6.07) is 12.4. The van der Waals surface area contributed by atoms with Crippen LogP contribution in [-0.2, 0) is 16.1 Å². The van der Waals surface area contributed by atoms with Crippen LogP contribution in [0, 0.1) is 5.82 Å². The minimum Gasteiger partial charge on any atom is -0.494 e. The molecule has 0 saturated heterocycles. The van der Waals surface area contributed by atoms with Crippen molar-refractivity contribution in [3.05, 3.63) is 64.9 Å². The number of carbonyl (C=O) groups is 2. The number of rotatable bonds is 10. The zero-order valence-electron chi connectivity index (χ0n) is 16.7. The smallest absolute Gasteiger partial charge is 0.242 e. The van der Waals surface area contributed by atoms with Crippen LogP contribution in [0.25, 0.3) is 0 Å². The van der Waals surface area contributed by atoms with Crippen molar-refractivity contribution in [1.82, 2.24) is 10.2 Å². The quantitative estimate of drug-likeness (QED) is 0.586. The van der Waals surface area contributed by atoms with Gasteiger partial charge in [0.05, 0.1) is 6.61 Å². The minimum absolute atomic E-state index is 0.149. The number of hydrogen-bond acceptors (Lipinski definition) is 3. The molecule has 0 radical (unpaired) electrons. The standard InChI is InChI=1S/C22H26ClFN2O3/c1-3-20(22(28)25-2)26(15-16-6-10-18(24)11-7-16)21(27)5-4-14-29-19-12-8-17(23)9-13-19/h6-13,20H,3-5,14-15H2,1-2H3,(H,25,28). The summed E-state index contributed by atoms with van der Waals surface area (Å²) >= 11 is 5.85. The highest BCUT2D eigenvalue weighted by molar-refractivity contribution is 6.30. The molecule has 0 spiro atoms. The van der Waals surface area contributed by atoms with E-state index in [9.17, 15) is 14.0 Å². The van der Waals surface area contributed by atoms with Gasteiger partial charge in [0.2, 0.25) is 11.8 Å². The molecule has 0 aliphatic rings. The van der Waals surface area contributed by atoms with Gasteiger partial charge in [-0.15, -0.1) is 0 Å². The lowest BCUT2D eigenvalue weighted by molar-refractivity contribution is -0.141. The Morgan fingerprint density at radius 3 is 2.38 bits per heavy atom. The Morgan fingerprint density at radius 2 is 1.79 bits per heavy atom. The van der Waals surface area contributed by atoms with Gasteiger partial charge in [-0.1, -0.05) is 30.7 Å². The highest BCUT2D eigenvalue weighted by atomic mass is 35.5. The van der Waals surface area contributed by atoms with Gasteiger partial charge < -0.3 is 15.0 Å². The molecule has 2 rings (SSSR count). The predicted molar refractivity (Wildman–Crippen MR) is 111 cm³/mol. The van der Waals surface area contributed by atoms with Crippen LogP contribution in [0.4, 0.5) is 4.39 Å². The third-order valence-electron chi connectivity index (χ3n) is 4.52. The Labute approximate surface area is 175 Å². The van der Waals surface area contributed by atoms with Crippen LogP contribution < -0.4 is 10.1 Å². The fraction of sp³-hybridized carbons (Fsp3) is 0.364. The number of nitrogens with zero attached hydrogens (tertiary/aromatic N) is 1. The Kier molecular flexibility index (Phi) is 8.93. The lowest BCUT2D eigenvalue weighted by Gasteiger charge is -2.30. The van der Waals surface area contributed by atoms with E-state index in [1.165, 1.54) is 12.1 Å². The number of amides is 2. The van der Waals surface area contributed by atoms with E-state index in [1.54, 1.807) is 48.3 Å². The molecule has 156 valence electrons. The maximum absolute atomic E-state index is 13.2. The zero-order valence-corrected chi connectivity index (χ0v) is 17.4. The van der Waals surface area contributed by atoms with E-state index in [1.807, 2.05) is 6.92 Å². The summed E-state index contributed by atoms with van der Waals surface area (Å²) in [5, 5.41) is 3.24. The molecule has 0 aliphatic carbocycles. The molecule has 1 unspecified atom stereocenters. The summed E-state index contributed by atoms with van der Waals surface area (Å²) in [7, 11) is 1.55. The molecule has 0 aromatic heterocycles. The molecule has 0 fully saturated rings. The lowest BCUT2D eigenvalue weighted by Crippen LogP contribution is -2.48. The Balaban J connectivity index is 1.99. The molecular weight excluding hydrogens is 395 g/mol. The van der Waals surface area contributed by atoms with Gasteiger partial charge in [-0.3, -0.25) is 9.59 Å². The number of nitrogens with one attached hydrogen (secondary N) is 1. The third-order valence-corrected chi connectivity index (χ3v) is 4.77. The minimum atomic E-state index is -0.588. The maximum atomic E-state index is 13.2. The van der Waals surface area contributed by atoms with E-state index in [0.29, 0.717) is 30.2 Å². The van der Waals surface area contributed by atoms with E-state index >= 15 is 0 Å². The Bertz CT molecular complexity index is 797. The first-order valence-corrected chi connectivity index (χ1v) is 9.96. The van der Waals surface area contributed by atoms with Crippen molar-refractivity contribution in [2.24, 2.45) is 0 Å². The molecule has 0 aliphatic heterocycles. The first kappa shape index (κ1) is 22.7. The summed E-state index contributed by atoms with van der Waals surface area (Å²) in [5.41, 5.74) is 0.763. The van der Waals surface area contributed by atoms with E-state index < -0.39 is 6.04 Å². The van der Waals surface area contributed by atoms with Crippen LogP contribution in [0.15, 0.2) is 48.5 Å². The van der Waals surface area contributed by atoms with Crippen molar-refractivity contribution >= 4 is 23.4 Å². The van der Waals surface area contributed by atoms with E-state index in [-0.39, 0.29) is 30.6 Å². The first-order valence-electron chi connectivity index (χ1n) is 9.58. The molecule has 2 amide bonds. The number of ether oxygens (including phenoxy) is 1. The van der Waals surface area contributed by atoms with Crippen molar-refractivity contribution < 1.29 is 18.7 Å². The monoisotopic (exact) mass is 420 g/mol. The number of benzene rings is 2. The third kappa shape index (κ3) is 7.06. The van der Waals surface area contributed by atoms with Crippen molar-refractivity contribution in [1.29, 1.82) is 0 Å². The molecule has 29 heavy (non-hydrogen) atoms. The molecule has 2 aromatic carbocycles. The van der Waals surface area contributed by atoms with Crippen LogP contribution in [0.3, 0.4) is 0 Å². The number of likely N-dealkylation sites (N-methyl/N-ethyl adjacent to an activating group) is 1. The molecular formula is C22H26ClFN2O3. The maximum Gasteiger partial charge on any atom is 0.242 e. The van der Waals surface area contributed by atoms with E-state index in [2.05, 4.69) is 5.32 Å². The van der Waals surface area contributed by atoms with E-state index in [0.717, 1.165) is 5.56 Å². The predicted octanol–water partition coefficient (Wildman–Crippen LogP) is 4.19. The van der Waals surface area contributed by atoms with Crippen LogP contribution >= 0.6 is 11.6 Å². The van der Waals surface area contributed by atoms with Gasteiger partial charge in [0, 0.05) is 25.0 Å². The van der Waals surface area contributed by atoms with Crippen molar-refractivity contribution in [2.75, 3.05) is 13.7 Å². The topological polar surface area (TPSA) is 58.6 Å². The second-order valence-electron chi connectivity index (χ2n) is 6.59. The van der Waals surface area contributed by atoms with Crippen LogP contribution in [0.2, 0.25) is 5.02 Å². The van der Waals surface area contributed by atoms with Gasteiger partial charge in [0.15, 0.2) is 0 Å². The summed E-state index contributed by atoms with van der Waals surface area (Å²) in [4.78, 5) is 26.7. The molecule has 1 atom stereocenters.